The average molecular weight is 385 g/mol. The van der Waals surface area contributed by atoms with Crippen LogP contribution in [-0.2, 0) is 11.3 Å². The van der Waals surface area contributed by atoms with E-state index in [2.05, 4.69) is 16.2 Å². The fourth-order valence-corrected chi connectivity index (χ4v) is 3.12. The van der Waals surface area contributed by atoms with E-state index in [0.717, 1.165) is 12.1 Å². The zero-order chi connectivity index (χ0) is 19.8. The summed E-state index contributed by atoms with van der Waals surface area (Å²) in [6, 6.07) is 7.28. The number of rotatable bonds is 4. The van der Waals surface area contributed by atoms with Gasteiger partial charge in [-0.15, -0.1) is 0 Å². The van der Waals surface area contributed by atoms with Crippen LogP contribution in [0.25, 0.3) is 22.2 Å². The number of nitriles is 1. The molecule has 0 N–H and O–H groups in total. The maximum absolute atomic E-state index is 13.5. The fraction of sp³-hybridized carbons (Fsp3) is 0.263. The Hall–Kier alpha value is -3.41. The van der Waals surface area contributed by atoms with Gasteiger partial charge in [-0.1, -0.05) is 6.07 Å². The number of hydrogen-bond acceptors (Lipinski definition) is 4. The van der Waals surface area contributed by atoms with Crippen LogP contribution in [0.3, 0.4) is 0 Å². The van der Waals surface area contributed by atoms with Gasteiger partial charge in [0.15, 0.2) is 0 Å². The van der Waals surface area contributed by atoms with Crippen LogP contribution in [0.1, 0.15) is 12.0 Å². The minimum atomic E-state index is -2.92. The molecule has 0 saturated carbocycles. The Morgan fingerprint density at radius 1 is 1.25 bits per heavy atom. The molecule has 1 fully saturated rings. The predicted molar refractivity (Wildman–Crippen MR) is 93.6 cm³/mol. The lowest BCUT2D eigenvalue weighted by molar-refractivity contribution is -0.137. The molecule has 1 saturated heterocycles. The molecule has 1 aliphatic heterocycles. The molecule has 28 heavy (non-hydrogen) atoms. The van der Waals surface area contributed by atoms with Gasteiger partial charge in [0, 0.05) is 24.8 Å². The van der Waals surface area contributed by atoms with Crippen molar-refractivity contribution < 1.29 is 18.0 Å². The molecule has 142 valence electrons. The van der Waals surface area contributed by atoms with Gasteiger partial charge in [-0.25, -0.2) is 13.2 Å². The van der Waals surface area contributed by atoms with Crippen molar-refractivity contribution in [3.05, 3.63) is 48.0 Å². The topological polar surface area (TPSA) is 74.8 Å². The van der Waals surface area contributed by atoms with Crippen molar-refractivity contribution >= 4 is 16.9 Å². The lowest BCUT2D eigenvalue weighted by Gasteiger charge is -2.35. The van der Waals surface area contributed by atoms with Crippen LogP contribution in [0.5, 0.6) is 0 Å². The van der Waals surface area contributed by atoms with Crippen molar-refractivity contribution in [1.29, 1.82) is 5.26 Å². The zero-order valence-electron chi connectivity index (χ0n) is 14.5. The highest BCUT2D eigenvalue weighted by Gasteiger charge is 2.30. The Bertz CT molecular complexity index is 1100. The van der Waals surface area contributed by atoms with Crippen molar-refractivity contribution in [2.24, 2.45) is 5.92 Å². The van der Waals surface area contributed by atoms with Crippen LogP contribution in [0.4, 0.5) is 13.2 Å². The SMILES string of the molecule is N#CC1CN(C(=O)Cn2ncc3ncc(-c4ccc(F)c(C(F)F)c4)cc32)C1. The molecule has 1 aromatic carbocycles. The third kappa shape index (κ3) is 3.17. The number of aromatic nitrogens is 3. The van der Waals surface area contributed by atoms with E-state index in [1.807, 2.05) is 0 Å². The molecule has 4 rings (SSSR count). The molecule has 9 heteroatoms. The maximum atomic E-state index is 13.5. The average Bonchev–Trinajstić information content (AvgIpc) is 3.03. The number of fused-ring (bicyclic) bond motifs is 1. The lowest BCUT2D eigenvalue weighted by atomic mass is 10.0. The smallest absolute Gasteiger partial charge is 0.266 e. The van der Waals surface area contributed by atoms with E-state index < -0.39 is 17.8 Å². The highest BCUT2D eigenvalue weighted by Crippen LogP contribution is 2.29. The third-order valence-corrected chi connectivity index (χ3v) is 4.76. The van der Waals surface area contributed by atoms with Gasteiger partial charge < -0.3 is 4.90 Å². The first-order valence-corrected chi connectivity index (χ1v) is 8.53. The minimum Gasteiger partial charge on any atom is -0.338 e. The number of carbonyl (C=O) groups excluding carboxylic acids is 1. The number of nitrogens with zero attached hydrogens (tertiary/aromatic N) is 5. The van der Waals surface area contributed by atoms with Crippen molar-refractivity contribution in [3.63, 3.8) is 0 Å². The van der Waals surface area contributed by atoms with E-state index in [9.17, 15) is 18.0 Å². The van der Waals surface area contributed by atoms with Crippen LogP contribution in [-0.4, -0.2) is 38.7 Å². The summed E-state index contributed by atoms with van der Waals surface area (Å²) >= 11 is 0. The molecule has 0 unspecified atom stereocenters. The van der Waals surface area contributed by atoms with Crippen molar-refractivity contribution in [2.45, 2.75) is 13.0 Å². The van der Waals surface area contributed by atoms with E-state index >= 15 is 0 Å². The molecule has 0 aliphatic carbocycles. The molecule has 2 aromatic heterocycles. The van der Waals surface area contributed by atoms with Gasteiger partial charge in [0.1, 0.15) is 17.9 Å². The van der Waals surface area contributed by atoms with Crippen molar-refractivity contribution in [1.82, 2.24) is 19.7 Å². The van der Waals surface area contributed by atoms with Crippen LogP contribution in [0.2, 0.25) is 0 Å². The Balaban J connectivity index is 1.63. The molecule has 1 aliphatic rings. The molecule has 3 aromatic rings. The van der Waals surface area contributed by atoms with Gasteiger partial charge in [0.25, 0.3) is 6.43 Å². The second kappa shape index (κ2) is 6.96. The number of carbonyl (C=O) groups is 1. The molecular formula is C19H14F3N5O. The van der Waals surface area contributed by atoms with Gasteiger partial charge >= 0.3 is 0 Å². The number of hydrogen-bond donors (Lipinski definition) is 0. The summed E-state index contributed by atoms with van der Waals surface area (Å²) in [5.41, 5.74) is 1.34. The second-order valence-electron chi connectivity index (χ2n) is 6.59. The van der Waals surface area contributed by atoms with Gasteiger partial charge in [-0.3, -0.25) is 14.5 Å². The number of pyridine rings is 1. The number of alkyl halides is 2. The van der Waals surface area contributed by atoms with E-state index in [0.29, 0.717) is 35.2 Å². The molecule has 0 spiro atoms. The minimum absolute atomic E-state index is 0.0154. The normalized spacial score (nSPS) is 14.3. The predicted octanol–water partition coefficient (Wildman–Crippen LogP) is 3.16. The summed E-state index contributed by atoms with van der Waals surface area (Å²) in [4.78, 5) is 18.2. The highest BCUT2D eigenvalue weighted by atomic mass is 19.3. The summed E-state index contributed by atoms with van der Waals surface area (Å²) in [5, 5.41) is 13.0. The van der Waals surface area contributed by atoms with Gasteiger partial charge in [-0.2, -0.15) is 10.4 Å². The Labute approximate surface area is 157 Å². The first-order valence-electron chi connectivity index (χ1n) is 8.53. The maximum Gasteiger partial charge on any atom is 0.266 e. The monoisotopic (exact) mass is 385 g/mol. The zero-order valence-corrected chi connectivity index (χ0v) is 14.5. The Kier molecular flexibility index (Phi) is 4.47. The second-order valence-corrected chi connectivity index (χ2v) is 6.59. The molecule has 0 bridgehead atoms. The summed E-state index contributed by atoms with van der Waals surface area (Å²) in [6.45, 7) is 0.798. The Morgan fingerprint density at radius 3 is 2.75 bits per heavy atom. The van der Waals surface area contributed by atoms with E-state index in [1.165, 1.54) is 23.1 Å². The largest absolute Gasteiger partial charge is 0.338 e. The first-order chi connectivity index (χ1) is 13.5. The van der Waals surface area contributed by atoms with E-state index in [1.54, 1.807) is 11.0 Å². The molecular weight excluding hydrogens is 371 g/mol. The summed E-state index contributed by atoms with van der Waals surface area (Å²) < 4.78 is 41.0. The fourth-order valence-electron chi connectivity index (χ4n) is 3.12. The van der Waals surface area contributed by atoms with E-state index in [4.69, 9.17) is 5.26 Å². The molecule has 0 atom stereocenters. The number of amides is 1. The standard InChI is InChI=1S/C19H14F3N5O/c20-15-2-1-12(3-14(15)19(21)22)13-4-17-16(24-6-13)7-25-27(17)10-18(28)26-8-11(5-23)9-26/h1-4,6-7,11,19H,8-10H2. The van der Waals surface area contributed by atoms with Crippen molar-refractivity contribution in [3.8, 4) is 17.2 Å². The number of benzene rings is 1. The van der Waals surface area contributed by atoms with Crippen LogP contribution < -0.4 is 0 Å². The van der Waals surface area contributed by atoms with Crippen LogP contribution in [0, 0.1) is 23.1 Å². The quantitative estimate of drug-likeness (QED) is 0.692. The number of likely N-dealkylation sites (tertiary alicyclic amines) is 1. The summed E-state index contributed by atoms with van der Waals surface area (Å²) in [6.07, 6.45) is 0.0788. The highest BCUT2D eigenvalue weighted by molar-refractivity contribution is 5.83. The number of halogens is 3. The summed E-state index contributed by atoms with van der Waals surface area (Å²) in [7, 11) is 0. The van der Waals surface area contributed by atoms with Crippen LogP contribution >= 0.6 is 0 Å². The molecule has 0 radical (unpaired) electrons. The summed E-state index contributed by atoms with van der Waals surface area (Å²) in [5.74, 6) is -1.26. The molecule has 6 nitrogen and oxygen atoms in total. The van der Waals surface area contributed by atoms with E-state index in [-0.39, 0.29) is 18.4 Å². The first kappa shape index (κ1) is 18.0. The molecule has 1 amide bonds. The van der Waals surface area contributed by atoms with Gasteiger partial charge in [0.05, 0.1) is 29.3 Å². The van der Waals surface area contributed by atoms with Crippen molar-refractivity contribution in [2.75, 3.05) is 13.1 Å². The Morgan fingerprint density at radius 2 is 2.04 bits per heavy atom. The van der Waals surface area contributed by atoms with Crippen LogP contribution in [0.15, 0.2) is 36.7 Å². The lowest BCUT2D eigenvalue weighted by Crippen LogP contribution is -2.50. The molecule has 3 heterocycles. The van der Waals surface area contributed by atoms with Gasteiger partial charge in [-0.05, 0) is 23.8 Å². The van der Waals surface area contributed by atoms with Gasteiger partial charge in [0.2, 0.25) is 5.91 Å². The third-order valence-electron chi connectivity index (χ3n) is 4.76.